The van der Waals surface area contributed by atoms with E-state index in [9.17, 15) is 13.2 Å². The number of rotatable bonds is 3. The van der Waals surface area contributed by atoms with Gasteiger partial charge in [-0.2, -0.15) is 18.3 Å². The molecule has 27 heavy (non-hydrogen) atoms. The zero-order valence-corrected chi connectivity index (χ0v) is 14.5. The maximum Gasteiger partial charge on any atom is 0.435 e. The number of hydrogen-bond donors (Lipinski definition) is 1. The first-order valence-electron chi connectivity index (χ1n) is 8.11. The van der Waals surface area contributed by atoms with Crippen LogP contribution in [0.2, 0.25) is 0 Å². The molecule has 3 heterocycles. The lowest BCUT2D eigenvalue weighted by Crippen LogP contribution is -2.06. The number of aryl methyl sites for hydroxylation is 1. The molecule has 0 saturated carbocycles. The minimum atomic E-state index is -4.49. The van der Waals surface area contributed by atoms with E-state index >= 15 is 0 Å². The van der Waals surface area contributed by atoms with Gasteiger partial charge in [0.2, 0.25) is 0 Å². The second-order valence-corrected chi connectivity index (χ2v) is 6.05. The molecule has 0 bridgehead atoms. The molecular weight excluding hydrogens is 357 g/mol. The van der Waals surface area contributed by atoms with Crippen LogP contribution in [0.1, 0.15) is 5.69 Å². The van der Waals surface area contributed by atoms with Crippen molar-refractivity contribution in [3.8, 4) is 28.4 Å². The molecule has 1 N–H and O–H groups in total. The topological polar surface area (TPSA) is 55.7 Å². The molecule has 0 aliphatic carbocycles. The number of benzene rings is 1. The third-order valence-corrected chi connectivity index (χ3v) is 4.30. The maximum absolute atomic E-state index is 12.9. The quantitative estimate of drug-likeness (QED) is 0.569. The van der Waals surface area contributed by atoms with Crippen molar-refractivity contribution in [3.63, 3.8) is 0 Å². The fraction of sp³-hybridized carbons (Fsp3) is 0.158. The highest BCUT2D eigenvalue weighted by Crippen LogP contribution is 2.33. The van der Waals surface area contributed by atoms with Crippen LogP contribution in [0.3, 0.4) is 0 Å². The predicted molar refractivity (Wildman–Crippen MR) is 95.3 cm³/mol. The van der Waals surface area contributed by atoms with Gasteiger partial charge in [0.25, 0.3) is 0 Å². The molecule has 138 valence electrons. The molecule has 0 radical (unpaired) electrons. The third-order valence-electron chi connectivity index (χ3n) is 4.30. The lowest BCUT2D eigenvalue weighted by molar-refractivity contribution is -0.141. The molecule has 0 atom stereocenters. The van der Waals surface area contributed by atoms with Gasteiger partial charge in [-0.15, -0.1) is 0 Å². The monoisotopic (exact) mass is 372 g/mol. The third kappa shape index (κ3) is 3.03. The van der Waals surface area contributed by atoms with Crippen molar-refractivity contribution in [1.82, 2.24) is 19.7 Å². The zero-order valence-electron chi connectivity index (χ0n) is 14.5. The molecule has 1 aromatic carbocycles. The number of H-pyrrole nitrogens is 1. The maximum atomic E-state index is 12.9. The highest BCUT2D eigenvalue weighted by atomic mass is 19.4. The number of hydrogen-bond acceptors (Lipinski definition) is 3. The SMILES string of the molecule is COc1ccccc1-c1cc2nc(-c3cc(C(F)(F)F)nn3C)ccc2[nH]1. The number of ether oxygens (including phenoxy) is 1. The molecule has 4 aromatic rings. The highest BCUT2D eigenvalue weighted by molar-refractivity contribution is 5.85. The van der Waals surface area contributed by atoms with Crippen LogP contribution in [0.5, 0.6) is 5.75 Å². The van der Waals surface area contributed by atoms with Gasteiger partial charge in [-0.3, -0.25) is 4.68 Å². The van der Waals surface area contributed by atoms with Crippen LogP contribution in [-0.4, -0.2) is 26.9 Å². The Balaban J connectivity index is 1.79. The lowest BCUT2D eigenvalue weighted by atomic mass is 10.1. The van der Waals surface area contributed by atoms with Crippen molar-refractivity contribution in [3.05, 3.63) is 54.2 Å². The molecule has 0 unspecified atom stereocenters. The molecule has 4 rings (SSSR count). The summed E-state index contributed by atoms with van der Waals surface area (Å²) in [4.78, 5) is 7.77. The molecular formula is C19H15F3N4O. The fourth-order valence-corrected chi connectivity index (χ4v) is 3.01. The van der Waals surface area contributed by atoms with E-state index < -0.39 is 11.9 Å². The average Bonchev–Trinajstić information content (AvgIpc) is 3.24. The summed E-state index contributed by atoms with van der Waals surface area (Å²) in [6, 6.07) is 13.9. The Kier molecular flexibility index (Phi) is 3.91. The van der Waals surface area contributed by atoms with Crippen LogP contribution >= 0.6 is 0 Å². The Labute approximate surface area is 152 Å². The first-order valence-corrected chi connectivity index (χ1v) is 8.11. The number of nitrogens with zero attached hydrogens (tertiary/aromatic N) is 3. The zero-order chi connectivity index (χ0) is 19.2. The summed E-state index contributed by atoms with van der Waals surface area (Å²) in [6.07, 6.45) is -4.49. The number of para-hydroxylation sites is 1. The highest BCUT2D eigenvalue weighted by Gasteiger charge is 2.34. The van der Waals surface area contributed by atoms with Gasteiger partial charge in [-0.25, -0.2) is 4.98 Å². The van der Waals surface area contributed by atoms with Crippen molar-refractivity contribution in [2.24, 2.45) is 7.05 Å². The van der Waals surface area contributed by atoms with Gasteiger partial charge in [0.15, 0.2) is 5.69 Å². The predicted octanol–water partition coefficient (Wildman–Crippen LogP) is 4.66. The Morgan fingerprint density at radius 2 is 1.85 bits per heavy atom. The molecule has 0 saturated heterocycles. The number of pyridine rings is 1. The number of halogens is 3. The van der Waals surface area contributed by atoms with Gasteiger partial charge >= 0.3 is 6.18 Å². The summed E-state index contributed by atoms with van der Waals surface area (Å²) >= 11 is 0. The van der Waals surface area contributed by atoms with Crippen LogP contribution in [-0.2, 0) is 13.2 Å². The van der Waals surface area contributed by atoms with Crippen molar-refractivity contribution in [2.45, 2.75) is 6.18 Å². The minimum absolute atomic E-state index is 0.296. The molecule has 0 aliphatic heterocycles. The fourth-order valence-electron chi connectivity index (χ4n) is 3.01. The van der Waals surface area contributed by atoms with E-state index in [0.29, 0.717) is 22.7 Å². The van der Waals surface area contributed by atoms with Crippen LogP contribution in [0.4, 0.5) is 13.2 Å². The summed E-state index contributed by atoms with van der Waals surface area (Å²) in [6.45, 7) is 0. The van der Waals surface area contributed by atoms with E-state index in [1.807, 2.05) is 30.3 Å². The van der Waals surface area contributed by atoms with Gasteiger partial charge in [0, 0.05) is 12.6 Å². The Hall–Kier alpha value is -3.29. The number of nitrogens with one attached hydrogen (secondary N) is 1. The average molecular weight is 372 g/mol. The van der Waals surface area contributed by atoms with E-state index in [2.05, 4.69) is 15.1 Å². The van der Waals surface area contributed by atoms with E-state index in [4.69, 9.17) is 4.74 Å². The van der Waals surface area contributed by atoms with Crippen molar-refractivity contribution >= 4 is 11.0 Å². The van der Waals surface area contributed by atoms with E-state index in [-0.39, 0.29) is 0 Å². The van der Waals surface area contributed by atoms with Gasteiger partial charge in [-0.05, 0) is 36.4 Å². The standard InChI is InChI=1S/C19H15F3N4O/c1-26-16(10-18(25-26)19(20,21)22)13-8-7-12-15(24-13)9-14(23-12)11-5-3-4-6-17(11)27-2/h3-10,23H,1-2H3. The molecule has 5 nitrogen and oxygen atoms in total. The van der Waals surface area contributed by atoms with E-state index in [1.54, 1.807) is 19.2 Å². The second kappa shape index (κ2) is 6.15. The normalized spacial score (nSPS) is 11.9. The summed E-state index contributed by atoms with van der Waals surface area (Å²) in [5, 5.41) is 3.54. The van der Waals surface area contributed by atoms with Crippen molar-refractivity contribution < 1.29 is 17.9 Å². The lowest BCUT2D eigenvalue weighted by Gasteiger charge is -2.05. The second-order valence-electron chi connectivity index (χ2n) is 6.05. The van der Waals surface area contributed by atoms with Crippen molar-refractivity contribution in [1.29, 1.82) is 0 Å². The smallest absolute Gasteiger partial charge is 0.435 e. The number of methoxy groups -OCH3 is 1. The van der Waals surface area contributed by atoms with Crippen LogP contribution < -0.4 is 4.74 Å². The van der Waals surface area contributed by atoms with Gasteiger partial charge < -0.3 is 9.72 Å². The molecule has 0 fully saturated rings. The van der Waals surface area contributed by atoms with Crippen LogP contribution in [0.25, 0.3) is 33.7 Å². The Morgan fingerprint density at radius 3 is 2.56 bits per heavy atom. The number of alkyl halides is 3. The summed E-state index contributed by atoms with van der Waals surface area (Å²) < 4.78 is 45.3. The number of aromatic nitrogens is 4. The number of aromatic amines is 1. The summed E-state index contributed by atoms with van der Waals surface area (Å²) in [7, 11) is 3.06. The first kappa shape index (κ1) is 17.1. The van der Waals surface area contributed by atoms with Crippen LogP contribution in [0, 0.1) is 0 Å². The van der Waals surface area contributed by atoms with Gasteiger partial charge in [-0.1, -0.05) is 12.1 Å². The van der Waals surface area contributed by atoms with E-state index in [1.165, 1.54) is 11.7 Å². The van der Waals surface area contributed by atoms with Crippen molar-refractivity contribution in [2.75, 3.05) is 7.11 Å². The molecule has 0 spiro atoms. The molecule has 8 heteroatoms. The Morgan fingerprint density at radius 1 is 1.07 bits per heavy atom. The van der Waals surface area contributed by atoms with E-state index in [0.717, 1.165) is 22.8 Å². The summed E-state index contributed by atoms with van der Waals surface area (Å²) in [5.41, 5.74) is 2.88. The molecule has 3 aromatic heterocycles. The van der Waals surface area contributed by atoms with Crippen LogP contribution in [0.15, 0.2) is 48.5 Å². The molecule has 0 amide bonds. The largest absolute Gasteiger partial charge is 0.496 e. The number of fused-ring (bicyclic) bond motifs is 1. The Bertz CT molecular complexity index is 1130. The molecule has 0 aliphatic rings. The van der Waals surface area contributed by atoms with Gasteiger partial charge in [0.05, 0.1) is 35.2 Å². The van der Waals surface area contributed by atoms with Gasteiger partial charge in [0.1, 0.15) is 5.75 Å². The summed E-state index contributed by atoms with van der Waals surface area (Å²) in [5.74, 6) is 0.714. The minimum Gasteiger partial charge on any atom is -0.496 e. The first-order chi connectivity index (χ1) is 12.9.